The van der Waals surface area contributed by atoms with Gasteiger partial charge in [0, 0.05) is 52.0 Å². The third-order valence-corrected chi connectivity index (χ3v) is 5.56. The summed E-state index contributed by atoms with van der Waals surface area (Å²) in [7, 11) is 0. The molecule has 3 rings (SSSR count). The third-order valence-electron chi connectivity index (χ3n) is 5.56. The number of pyridine rings is 1. The van der Waals surface area contributed by atoms with Crippen LogP contribution in [0.1, 0.15) is 30.5 Å². The molecule has 2 fully saturated rings. The molecule has 0 aliphatic carbocycles. The molecule has 7 heteroatoms. The van der Waals surface area contributed by atoms with Gasteiger partial charge in [-0.15, -0.1) is 0 Å². The van der Waals surface area contributed by atoms with Crippen molar-refractivity contribution in [1.82, 2.24) is 25.0 Å². The highest BCUT2D eigenvalue weighted by atomic mass is 16.3. The van der Waals surface area contributed by atoms with Crippen molar-refractivity contribution in [3.05, 3.63) is 29.6 Å². The Morgan fingerprint density at radius 3 is 2.81 bits per heavy atom. The van der Waals surface area contributed by atoms with Crippen molar-refractivity contribution in [3.63, 3.8) is 0 Å². The Bertz CT molecular complexity index is 604. The standard InChI is InChI=1S/C20H33N5O2/c1-17-5-2-7-21-19(17)16-24-11-13-25(14-12-24)20(27)22-8-4-10-23-9-3-6-18(26)15-23/h2,5,7,18,26H,3-4,6,8-16H2,1H3,(H,22,27)/t18-/m0/s1. The number of urea groups is 1. The number of aliphatic hydroxyl groups excluding tert-OH is 1. The minimum atomic E-state index is -0.181. The van der Waals surface area contributed by atoms with Crippen LogP contribution in [0.2, 0.25) is 0 Å². The second-order valence-corrected chi connectivity index (χ2v) is 7.71. The molecule has 2 amide bonds. The summed E-state index contributed by atoms with van der Waals surface area (Å²) in [6.07, 6.45) is 4.57. The normalized spacial score (nSPS) is 22.0. The molecule has 1 aromatic heterocycles. The van der Waals surface area contributed by atoms with Crippen LogP contribution in [0.15, 0.2) is 18.3 Å². The fourth-order valence-electron chi connectivity index (χ4n) is 3.85. The summed E-state index contributed by atoms with van der Waals surface area (Å²) in [4.78, 5) is 23.4. The van der Waals surface area contributed by atoms with E-state index in [0.29, 0.717) is 6.54 Å². The average molecular weight is 376 g/mol. The van der Waals surface area contributed by atoms with Crippen molar-refractivity contribution >= 4 is 6.03 Å². The molecule has 2 aliphatic heterocycles. The Kier molecular flexibility index (Phi) is 7.43. The van der Waals surface area contributed by atoms with Gasteiger partial charge in [0.15, 0.2) is 0 Å². The first-order valence-corrected chi connectivity index (χ1v) is 10.2. The summed E-state index contributed by atoms with van der Waals surface area (Å²) in [6, 6.07) is 4.10. The van der Waals surface area contributed by atoms with Crippen molar-refractivity contribution in [2.45, 2.75) is 38.8 Å². The van der Waals surface area contributed by atoms with Crippen molar-refractivity contribution < 1.29 is 9.90 Å². The van der Waals surface area contributed by atoms with Gasteiger partial charge in [0.05, 0.1) is 11.8 Å². The molecule has 0 radical (unpaired) electrons. The lowest BCUT2D eigenvalue weighted by atomic mass is 10.1. The maximum absolute atomic E-state index is 12.4. The van der Waals surface area contributed by atoms with Gasteiger partial charge < -0.3 is 20.2 Å². The van der Waals surface area contributed by atoms with Crippen molar-refractivity contribution in [1.29, 1.82) is 0 Å². The maximum Gasteiger partial charge on any atom is 0.317 e. The Balaban J connectivity index is 1.31. The molecule has 0 aromatic carbocycles. The molecular weight excluding hydrogens is 342 g/mol. The fourth-order valence-corrected chi connectivity index (χ4v) is 3.85. The van der Waals surface area contributed by atoms with E-state index in [1.807, 2.05) is 17.2 Å². The van der Waals surface area contributed by atoms with Gasteiger partial charge in [0.2, 0.25) is 0 Å². The lowest BCUT2D eigenvalue weighted by Gasteiger charge is -2.34. The lowest BCUT2D eigenvalue weighted by Crippen LogP contribution is -2.51. The van der Waals surface area contributed by atoms with Gasteiger partial charge in [0.1, 0.15) is 0 Å². The van der Waals surface area contributed by atoms with Gasteiger partial charge >= 0.3 is 6.03 Å². The number of aliphatic hydroxyl groups is 1. The molecule has 1 aromatic rings. The van der Waals surface area contributed by atoms with Crippen LogP contribution in [-0.2, 0) is 6.54 Å². The van der Waals surface area contributed by atoms with E-state index < -0.39 is 0 Å². The van der Waals surface area contributed by atoms with E-state index >= 15 is 0 Å². The zero-order valence-electron chi connectivity index (χ0n) is 16.4. The zero-order valence-corrected chi connectivity index (χ0v) is 16.4. The third kappa shape index (κ3) is 6.16. The topological polar surface area (TPSA) is 71.9 Å². The monoisotopic (exact) mass is 375 g/mol. The summed E-state index contributed by atoms with van der Waals surface area (Å²) in [5, 5.41) is 12.7. The number of piperazine rings is 1. The molecule has 1 atom stereocenters. The van der Waals surface area contributed by atoms with Crippen LogP contribution >= 0.6 is 0 Å². The van der Waals surface area contributed by atoms with Gasteiger partial charge in [-0.25, -0.2) is 4.79 Å². The molecule has 0 saturated carbocycles. The smallest absolute Gasteiger partial charge is 0.317 e. The first-order valence-electron chi connectivity index (χ1n) is 10.2. The number of carbonyl (C=O) groups is 1. The molecule has 0 unspecified atom stereocenters. The number of likely N-dealkylation sites (tertiary alicyclic amines) is 1. The van der Waals surface area contributed by atoms with Gasteiger partial charge in [-0.2, -0.15) is 0 Å². The Hall–Kier alpha value is -1.70. The molecule has 7 nitrogen and oxygen atoms in total. The second kappa shape index (κ2) is 10.0. The molecule has 2 aliphatic rings. The number of aryl methyl sites for hydroxylation is 1. The average Bonchev–Trinajstić information content (AvgIpc) is 2.67. The van der Waals surface area contributed by atoms with Crippen molar-refractivity contribution in [2.75, 3.05) is 52.4 Å². The second-order valence-electron chi connectivity index (χ2n) is 7.71. The molecule has 150 valence electrons. The number of amides is 2. The number of carbonyl (C=O) groups excluding carboxylic acids is 1. The summed E-state index contributed by atoms with van der Waals surface area (Å²) < 4.78 is 0. The van der Waals surface area contributed by atoms with E-state index in [-0.39, 0.29) is 12.1 Å². The lowest BCUT2D eigenvalue weighted by molar-refractivity contribution is 0.0701. The SMILES string of the molecule is Cc1cccnc1CN1CCN(C(=O)NCCCN2CCC[C@H](O)C2)CC1. The first kappa shape index (κ1) is 20.0. The molecule has 0 bridgehead atoms. The predicted octanol–water partition coefficient (Wildman–Crippen LogP) is 1.06. The van der Waals surface area contributed by atoms with Crippen LogP contribution in [0.3, 0.4) is 0 Å². The number of piperidine rings is 1. The van der Waals surface area contributed by atoms with Crippen LogP contribution in [-0.4, -0.2) is 89.3 Å². The highest BCUT2D eigenvalue weighted by Crippen LogP contribution is 2.11. The molecular formula is C20H33N5O2. The van der Waals surface area contributed by atoms with E-state index in [9.17, 15) is 9.90 Å². The van der Waals surface area contributed by atoms with Crippen LogP contribution < -0.4 is 5.32 Å². The van der Waals surface area contributed by atoms with Gasteiger partial charge in [-0.3, -0.25) is 9.88 Å². The minimum absolute atomic E-state index is 0.0438. The maximum atomic E-state index is 12.4. The number of hydrogen-bond donors (Lipinski definition) is 2. The van der Waals surface area contributed by atoms with Crippen LogP contribution in [0.5, 0.6) is 0 Å². The number of rotatable bonds is 6. The van der Waals surface area contributed by atoms with Gasteiger partial charge in [-0.05, 0) is 50.9 Å². The number of hydrogen-bond acceptors (Lipinski definition) is 5. The molecule has 2 N–H and O–H groups in total. The summed E-state index contributed by atoms with van der Waals surface area (Å²) in [5.74, 6) is 0. The first-order chi connectivity index (χ1) is 13.1. The van der Waals surface area contributed by atoms with Gasteiger partial charge in [0.25, 0.3) is 0 Å². The summed E-state index contributed by atoms with van der Waals surface area (Å²) >= 11 is 0. The Labute approximate surface area is 162 Å². The van der Waals surface area contributed by atoms with Crippen LogP contribution in [0.4, 0.5) is 4.79 Å². The largest absolute Gasteiger partial charge is 0.392 e. The highest BCUT2D eigenvalue weighted by Gasteiger charge is 2.22. The molecule has 3 heterocycles. The van der Waals surface area contributed by atoms with Gasteiger partial charge in [-0.1, -0.05) is 6.07 Å². The number of aromatic nitrogens is 1. The van der Waals surface area contributed by atoms with Crippen molar-refractivity contribution in [2.24, 2.45) is 0 Å². The van der Waals surface area contributed by atoms with E-state index in [0.717, 1.165) is 77.3 Å². The summed E-state index contributed by atoms with van der Waals surface area (Å²) in [5.41, 5.74) is 2.34. The zero-order chi connectivity index (χ0) is 19.1. The van der Waals surface area contributed by atoms with E-state index in [2.05, 4.69) is 33.1 Å². The minimum Gasteiger partial charge on any atom is -0.392 e. The highest BCUT2D eigenvalue weighted by molar-refractivity contribution is 5.74. The number of β-amino-alcohol motifs (C(OH)–C–C–N with tert-alkyl or cyclic N) is 1. The van der Waals surface area contributed by atoms with Crippen molar-refractivity contribution in [3.8, 4) is 0 Å². The van der Waals surface area contributed by atoms with E-state index in [1.54, 1.807) is 0 Å². The summed E-state index contributed by atoms with van der Waals surface area (Å²) in [6.45, 7) is 9.69. The van der Waals surface area contributed by atoms with Crippen LogP contribution in [0.25, 0.3) is 0 Å². The predicted molar refractivity (Wildman–Crippen MR) is 106 cm³/mol. The van der Waals surface area contributed by atoms with E-state index in [1.165, 1.54) is 5.56 Å². The van der Waals surface area contributed by atoms with E-state index in [4.69, 9.17) is 0 Å². The molecule has 2 saturated heterocycles. The Morgan fingerprint density at radius 1 is 1.26 bits per heavy atom. The quantitative estimate of drug-likeness (QED) is 0.728. The molecule has 27 heavy (non-hydrogen) atoms. The fraction of sp³-hybridized carbons (Fsp3) is 0.700. The van der Waals surface area contributed by atoms with Crippen LogP contribution in [0, 0.1) is 6.92 Å². The number of nitrogens with zero attached hydrogens (tertiary/aromatic N) is 4. The number of nitrogens with one attached hydrogen (secondary N) is 1. The molecule has 0 spiro atoms. The Morgan fingerprint density at radius 2 is 2.07 bits per heavy atom.